The number of nitrogens with zero attached hydrogens (tertiary/aromatic N) is 4. The molecule has 2 heterocycles. The summed E-state index contributed by atoms with van der Waals surface area (Å²) in [5, 5.41) is 3.31. The fraction of sp³-hybridized carbons (Fsp3) is 0.364. The Balaban J connectivity index is 1.95. The number of ketones is 1. The first-order valence-electron chi connectivity index (χ1n) is 9.92. The molecule has 0 aliphatic carbocycles. The lowest BCUT2D eigenvalue weighted by Crippen LogP contribution is -2.38. The number of rotatable bonds is 5. The minimum absolute atomic E-state index is 0.00382. The highest BCUT2D eigenvalue weighted by molar-refractivity contribution is 8.00. The Morgan fingerprint density at radius 2 is 1.66 bits per heavy atom. The maximum absolute atomic E-state index is 12.8. The Kier molecular flexibility index (Phi) is 6.36. The zero-order chi connectivity index (χ0) is 23.8. The van der Waals surface area contributed by atoms with Crippen molar-refractivity contribution in [2.45, 2.75) is 38.1 Å². The Bertz CT molecular complexity index is 1330. The van der Waals surface area contributed by atoms with Crippen molar-refractivity contribution in [2.75, 3.05) is 11.1 Å². The fourth-order valence-electron chi connectivity index (χ4n) is 2.99. The molecule has 1 aromatic carbocycles. The standard InChI is InChI=1S/C22H25N5O4S/c1-12(28)13-7-9-14(10-8-13)23-15(29)11-32-18-16-17(24-20(25-18)22(2,3)4)26(5)21(31)27(6)19(16)30/h7-10H,11H2,1-6H3,(H,23,29). The number of benzene rings is 1. The number of aryl methyl sites for hydroxylation is 1. The lowest BCUT2D eigenvalue weighted by molar-refractivity contribution is -0.113. The minimum atomic E-state index is -0.508. The van der Waals surface area contributed by atoms with E-state index in [-0.39, 0.29) is 28.5 Å². The van der Waals surface area contributed by atoms with E-state index in [9.17, 15) is 19.2 Å². The van der Waals surface area contributed by atoms with Crippen molar-refractivity contribution in [1.29, 1.82) is 0 Å². The maximum atomic E-state index is 12.8. The van der Waals surface area contributed by atoms with Gasteiger partial charge in [0.05, 0.1) is 5.75 Å². The van der Waals surface area contributed by atoms with Gasteiger partial charge in [-0.2, -0.15) is 0 Å². The van der Waals surface area contributed by atoms with Crippen molar-refractivity contribution in [3.05, 3.63) is 56.5 Å². The monoisotopic (exact) mass is 455 g/mol. The molecule has 1 N–H and O–H groups in total. The molecule has 168 valence electrons. The van der Waals surface area contributed by atoms with Crippen molar-refractivity contribution in [3.63, 3.8) is 0 Å². The molecule has 3 rings (SSSR count). The number of anilines is 1. The van der Waals surface area contributed by atoms with Gasteiger partial charge in [0, 0.05) is 30.8 Å². The highest BCUT2D eigenvalue weighted by Crippen LogP contribution is 2.27. The topological polar surface area (TPSA) is 116 Å². The number of nitrogens with one attached hydrogen (secondary N) is 1. The van der Waals surface area contributed by atoms with Crippen LogP contribution in [0, 0.1) is 0 Å². The van der Waals surface area contributed by atoms with Crippen LogP contribution in [0.15, 0.2) is 38.9 Å². The second kappa shape index (κ2) is 8.70. The third kappa shape index (κ3) is 4.64. The van der Waals surface area contributed by atoms with E-state index in [1.54, 1.807) is 31.3 Å². The quantitative estimate of drug-likeness (QED) is 0.356. The van der Waals surface area contributed by atoms with Gasteiger partial charge in [-0.1, -0.05) is 32.5 Å². The average molecular weight is 456 g/mol. The third-order valence-corrected chi connectivity index (χ3v) is 5.83. The van der Waals surface area contributed by atoms with Gasteiger partial charge in [0.25, 0.3) is 5.56 Å². The molecule has 0 saturated heterocycles. The van der Waals surface area contributed by atoms with Crippen molar-refractivity contribution in [3.8, 4) is 0 Å². The molecule has 0 aliphatic rings. The summed E-state index contributed by atoms with van der Waals surface area (Å²) in [6.45, 7) is 7.26. The smallest absolute Gasteiger partial charge is 0.325 e. The highest BCUT2D eigenvalue weighted by Gasteiger charge is 2.24. The first kappa shape index (κ1) is 23.4. The van der Waals surface area contributed by atoms with E-state index in [1.165, 1.54) is 18.5 Å². The van der Waals surface area contributed by atoms with Gasteiger partial charge in [-0.25, -0.2) is 14.8 Å². The summed E-state index contributed by atoms with van der Waals surface area (Å²) >= 11 is 1.11. The Hall–Kier alpha value is -3.27. The second-order valence-corrected chi connectivity index (χ2v) is 9.44. The van der Waals surface area contributed by atoms with E-state index in [0.717, 1.165) is 16.3 Å². The SMILES string of the molecule is CC(=O)c1ccc(NC(=O)CSc2nc(C(C)(C)C)nc3c2c(=O)n(C)c(=O)n3C)cc1. The van der Waals surface area contributed by atoms with Crippen LogP contribution in [0.2, 0.25) is 0 Å². The molecule has 3 aromatic rings. The Morgan fingerprint density at radius 3 is 2.22 bits per heavy atom. The van der Waals surface area contributed by atoms with E-state index >= 15 is 0 Å². The van der Waals surface area contributed by atoms with E-state index in [0.29, 0.717) is 22.1 Å². The van der Waals surface area contributed by atoms with Crippen molar-refractivity contribution >= 4 is 40.2 Å². The number of carbonyl (C=O) groups excluding carboxylic acids is 2. The van der Waals surface area contributed by atoms with Crippen LogP contribution in [0.5, 0.6) is 0 Å². The summed E-state index contributed by atoms with van der Waals surface area (Å²) in [4.78, 5) is 58.2. The summed E-state index contributed by atoms with van der Waals surface area (Å²) in [5.41, 5.74) is -0.0694. The van der Waals surface area contributed by atoms with Gasteiger partial charge in [0.15, 0.2) is 11.4 Å². The average Bonchev–Trinajstić information content (AvgIpc) is 2.73. The lowest BCUT2D eigenvalue weighted by atomic mass is 9.96. The minimum Gasteiger partial charge on any atom is -0.325 e. The predicted molar refractivity (Wildman–Crippen MR) is 125 cm³/mol. The molecule has 9 nitrogen and oxygen atoms in total. The number of hydrogen-bond donors (Lipinski definition) is 1. The number of aromatic nitrogens is 4. The Labute approximate surface area is 188 Å². The van der Waals surface area contributed by atoms with Crippen molar-refractivity contribution in [1.82, 2.24) is 19.1 Å². The number of amides is 1. The summed E-state index contributed by atoms with van der Waals surface area (Å²) in [5.74, 6) is 0.114. The summed E-state index contributed by atoms with van der Waals surface area (Å²) in [6, 6.07) is 6.59. The number of Topliss-reactive ketones (excluding diaryl/α,β-unsaturated/α-hetero) is 1. The van der Waals surface area contributed by atoms with Crippen LogP contribution in [0.25, 0.3) is 11.0 Å². The molecule has 1 amide bonds. The fourth-order valence-corrected chi connectivity index (χ4v) is 3.80. The van der Waals surface area contributed by atoms with Gasteiger partial charge in [-0.15, -0.1) is 0 Å². The van der Waals surface area contributed by atoms with Gasteiger partial charge in [0.2, 0.25) is 5.91 Å². The van der Waals surface area contributed by atoms with E-state index in [1.807, 2.05) is 20.8 Å². The molecule has 32 heavy (non-hydrogen) atoms. The van der Waals surface area contributed by atoms with E-state index in [4.69, 9.17) is 0 Å². The van der Waals surface area contributed by atoms with Gasteiger partial charge in [-0.05, 0) is 31.2 Å². The molecule has 0 atom stereocenters. The largest absolute Gasteiger partial charge is 0.332 e. The van der Waals surface area contributed by atoms with Crippen molar-refractivity contribution in [2.24, 2.45) is 14.1 Å². The maximum Gasteiger partial charge on any atom is 0.332 e. The molecule has 0 saturated carbocycles. The van der Waals surface area contributed by atoms with Crippen LogP contribution in [-0.2, 0) is 24.3 Å². The molecule has 0 bridgehead atoms. The molecule has 0 radical (unpaired) electrons. The van der Waals surface area contributed by atoms with E-state index < -0.39 is 16.7 Å². The zero-order valence-electron chi connectivity index (χ0n) is 18.8. The van der Waals surface area contributed by atoms with E-state index in [2.05, 4.69) is 15.3 Å². The number of thioether (sulfide) groups is 1. The van der Waals surface area contributed by atoms with Gasteiger partial charge < -0.3 is 5.32 Å². The highest BCUT2D eigenvalue weighted by atomic mass is 32.2. The Morgan fingerprint density at radius 1 is 1.03 bits per heavy atom. The van der Waals surface area contributed by atoms with Crippen molar-refractivity contribution < 1.29 is 9.59 Å². The first-order chi connectivity index (χ1) is 14.9. The lowest BCUT2D eigenvalue weighted by Gasteiger charge is -2.19. The summed E-state index contributed by atoms with van der Waals surface area (Å²) in [7, 11) is 2.95. The molecular weight excluding hydrogens is 430 g/mol. The summed E-state index contributed by atoms with van der Waals surface area (Å²) < 4.78 is 2.32. The van der Waals surface area contributed by atoms with Crippen LogP contribution in [0.3, 0.4) is 0 Å². The van der Waals surface area contributed by atoms with Crippen LogP contribution < -0.4 is 16.6 Å². The molecule has 0 spiro atoms. The van der Waals surface area contributed by atoms with Gasteiger partial charge in [-0.3, -0.25) is 23.5 Å². The molecular formula is C22H25N5O4S. The van der Waals surface area contributed by atoms with Crippen LogP contribution in [0.4, 0.5) is 5.69 Å². The number of hydrogen-bond acceptors (Lipinski definition) is 7. The van der Waals surface area contributed by atoms with Crippen LogP contribution >= 0.6 is 11.8 Å². The van der Waals surface area contributed by atoms with Crippen LogP contribution in [-0.4, -0.2) is 36.5 Å². The number of fused-ring (bicyclic) bond motifs is 1. The predicted octanol–water partition coefficient (Wildman–Crippen LogP) is 2.26. The molecule has 10 heteroatoms. The molecule has 0 fully saturated rings. The second-order valence-electron chi connectivity index (χ2n) is 8.48. The molecule has 0 aliphatic heterocycles. The van der Waals surface area contributed by atoms with Gasteiger partial charge >= 0.3 is 5.69 Å². The summed E-state index contributed by atoms with van der Waals surface area (Å²) in [6.07, 6.45) is 0. The molecule has 2 aromatic heterocycles. The van der Waals surface area contributed by atoms with Crippen LogP contribution in [0.1, 0.15) is 43.9 Å². The van der Waals surface area contributed by atoms with Gasteiger partial charge in [0.1, 0.15) is 16.2 Å². The molecule has 0 unspecified atom stereocenters. The normalized spacial score (nSPS) is 11.6. The number of carbonyl (C=O) groups is 2. The zero-order valence-corrected chi connectivity index (χ0v) is 19.7. The third-order valence-electron chi connectivity index (χ3n) is 4.85. The first-order valence-corrected chi connectivity index (χ1v) is 10.9.